The second kappa shape index (κ2) is 5.07. The van der Waals surface area contributed by atoms with E-state index in [1.165, 1.54) is 0 Å². The van der Waals surface area contributed by atoms with E-state index in [0.29, 0.717) is 24.2 Å². The molecule has 0 unspecified atom stereocenters. The van der Waals surface area contributed by atoms with Gasteiger partial charge in [0.15, 0.2) is 0 Å². The number of hydrogen-bond acceptors (Lipinski definition) is 3. The fourth-order valence-electron chi connectivity index (χ4n) is 1.86. The van der Waals surface area contributed by atoms with Gasteiger partial charge in [-0.25, -0.2) is 0 Å². The Morgan fingerprint density at radius 3 is 2.44 bits per heavy atom. The highest BCUT2D eigenvalue weighted by Crippen LogP contribution is 2.30. The van der Waals surface area contributed by atoms with Crippen molar-refractivity contribution in [2.45, 2.75) is 38.7 Å². The van der Waals surface area contributed by atoms with Crippen molar-refractivity contribution in [1.29, 1.82) is 0 Å². The van der Waals surface area contributed by atoms with Gasteiger partial charge in [0.2, 0.25) is 0 Å². The molecule has 0 saturated carbocycles. The first-order valence-electron chi connectivity index (χ1n) is 5.41. The van der Waals surface area contributed by atoms with Crippen LogP contribution in [0.1, 0.15) is 38.1 Å². The van der Waals surface area contributed by atoms with E-state index in [0.717, 1.165) is 0 Å². The molecule has 4 nitrogen and oxygen atoms in total. The number of carboxylic acids is 1. The fraction of sp³-hybridized carbons (Fsp3) is 0.500. The Labute approximate surface area is 95.0 Å². The second-order valence-electron chi connectivity index (χ2n) is 3.77. The van der Waals surface area contributed by atoms with Crippen LogP contribution in [0.2, 0.25) is 0 Å². The summed E-state index contributed by atoms with van der Waals surface area (Å²) in [5.41, 5.74) is 0.0899. The van der Waals surface area contributed by atoms with Crippen molar-refractivity contribution in [1.82, 2.24) is 4.98 Å². The maximum Gasteiger partial charge on any atom is 0.315 e. The lowest BCUT2D eigenvalue weighted by Gasteiger charge is -2.26. The number of rotatable bonds is 5. The van der Waals surface area contributed by atoms with Crippen LogP contribution in [0.3, 0.4) is 0 Å². The van der Waals surface area contributed by atoms with Gasteiger partial charge in [-0.1, -0.05) is 19.9 Å². The summed E-state index contributed by atoms with van der Waals surface area (Å²) in [6, 6.07) is 5.12. The molecule has 1 rings (SSSR count). The number of aliphatic hydroxyl groups is 1. The number of nitrogens with zero attached hydrogens (tertiary/aromatic N) is 1. The van der Waals surface area contributed by atoms with Gasteiger partial charge in [-0.05, 0) is 25.0 Å². The molecule has 88 valence electrons. The molecule has 0 radical (unpaired) electrons. The van der Waals surface area contributed by atoms with Gasteiger partial charge in [-0.2, -0.15) is 0 Å². The van der Waals surface area contributed by atoms with Crippen LogP contribution in [-0.2, 0) is 16.8 Å². The lowest BCUT2D eigenvalue weighted by molar-refractivity contribution is -0.144. The Kier molecular flexibility index (Phi) is 4.01. The summed E-state index contributed by atoms with van der Waals surface area (Å²) in [4.78, 5) is 15.6. The SMILES string of the molecule is CCC(CC)(C(=O)O)c1cccc(CO)n1. The zero-order valence-electron chi connectivity index (χ0n) is 9.60. The molecule has 0 fully saturated rings. The molecule has 0 aromatic carbocycles. The predicted octanol–water partition coefficient (Wildman–Crippen LogP) is 1.72. The lowest BCUT2D eigenvalue weighted by atomic mass is 9.79. The summed E-state index contributed by atoms with van der Waals surface area (Å²) in [6.07, 6.45) is 0.974. The van der Waals surface area contributed by atoms with Gasteiger partial charge in [0.05, 0.1) is 18.0 Å². The summed E-state index contributed by atoms with van der Waals surface area (Å²) in [5, 5.41) is 18.3. The van der Waals surface area contributed by atoms with Gasteiger partial charge in [0.1, 0.15) is 5.41 Å². The predicted molar refractivity (Wildman–Crippen MR) is 60.1 cm³/mol. The van der Waals surface area contributed by atoms with E-state index < -0.39 is 11.4 Å². The molecule has 1 heterocycles. The van der Waals surface area contributed by atoms with E-state index in [9.17, 15) is 9.90 Å². The number of aromatic nitrogens is 1. The fourth-order valence-corrected chi connectivity index (χ4v) is 1.86. The van der Waals surface area contributed by atoms with Crippen LogP contribution in [0, 0.1) is 0 Å². The highest BCUT2D eigenvalue weighted by atomic mass is 16.4. The van der Waals surface area contributed by atoms with Crippen molar-refractivity contribution in [3.8, 4) is 0 Å². The van der Waals surface area contributed by atoms with Gasteiger partial charge < -0.3 is 10.2 Å². The van der Waals surface area contributed by atoms with E-state index in [4.69, 9.17) is 5.11 Å². The molecule has 0 amide bonds. The largest absolute Gasteiger partial charge is 0.481 e. The van der Waals surface area contributed by atoms with Crippen molar-refractivity contribution in [2.24, 2.45) is 0 Å². The Morgan fingerprint density at radius 2 is 2.00 bits per heavy atom. The van der Waals surface area contributed by atoms with E-state index >= 15 is 0 Å². The Balaban J connectivity index is 3.25. The first-order chi connectivity index (χ1) is 7.60. The number of carbonyl (C=O) groups is 1. The van der Waals surface area contributed by atoms with Gasteiger partial charge >= 0.3 is 5.97 Å². The summed E-state index contributed by atoms with van der Waals surface area (Å²) in [6.45, 7) is 3.51. The highest BCUT2D eigenvalue weighted by Gasteiger charge is 2.38. The third-order valence-electron chi connectivity index (χ3n) is 3.08. The maximum absolute atomic E-state index is 11.4. The Bertz CT molecular complexity index is 372. The van der Waals surface area contributed by atoms with Crippen LogP contribution in [0.25, 0.3) is 0 Å². The van der Waals surface area contributed by atoms with Crippen LogP contribution in [0.5, 0.6) is 0 Å². The molecule has 2 N–H and O–H groups in total. The molecule has 0 aliphatic carbocycles. The van der Waals surface area contributed by atoms with Crippen molar-refractivity contribution >= 4 is 5.97 Å². The molecule has 0 spiro atoms. The summed E-state index contributed by atoms with van der Waals surface area (Å²) in [5.74, 6) is -0.861. The van der Waals surface area contributed by atoms with Crippen LogP contribution < -0.4 is 0 Å². The van der Waals surface area contributed by atoms with E-state index in [2.05, 4.69) is 4.98 Å². The summed E-state index contributed by atoms with van der Waals surface area (Å²) >= 11 is 0. The Hall–Kier alpha value is -1.42. The third kappa shape index (κ3) is 2.07. The number of pyridine rings is 1. The quantitative estimate of drug-likeness (QED) is 0.797. The van der Waals surface area contributed by atoms with Crippen LogP contribution in [-0.4, -0.2) is 21.2 Å². The van der Waals surface area contributed by atoms with Crippen LogP contribution in [0.4, 0.5) is 0 Å². The van der Waals surface area contributed by atoms with Crippen LogP contribution >= 0.6 is 0 Å². The minimum atomic E-state index is -0.939. The molecular formula is C12H17NO3. The van der Waals surface area contributed by atoms with Crippen LogP contribution in [0.15, 0.2) is 18.2 Å². The second-order valence-corrected chi connectivity index (χ2v) is 3.77. The average Bonchev–Trinajstić information content (AvgIpc) is 2.31. The lowest BCUT2D eigenvalue weighted by Crippen LogP contribution is -2.35. The normalized spacial score (nSPS) is 11.4. The minimum Gasteiger partial charge on any atom is -0.481 e. The first kappa shape index (κ1) is 12.6. The van der Waals surface area contributed by atoms with E-state index in [1.54, 1.807) is 18.2 Å². The van der Waals surface area contributed by atoms with Crippen molar-refractivity contribution < 1.29 is 15.0 Å². The monoisotopic (exact) mass is 223 g/mol. The number of hydrogen-bond donors (Lipinski definition) is 2. The van der Waals surface area contributed by atoms with Gasteiger partial charge in [0, 0.05) is 0 Å². The molecule has 4 heteroatoms. The van der Waals surface area contributed by atoms with Crippen molar-refractivity contribution in [3.63, 3.8) is 0 Å². The topological polar surface area (TPSA) is 70.4 Å². The number of aliphatic carboxylic acids is 1. The van der Waals surface area contributed by atoms with Gasteiger partial charge in [-0.15, -0.1) is 0 Å². The van der Waals surface area contributed by atoms with Crippen molar-refractivity contribution in [2.75, 3.05) is 0 Å². The molecule has 0 aliphatic heterocycles. The maximum atomic E-state index is 11.4. The third-order valence-corrected chi connectivity index (χ3v) is 3.08. The summed E-state index contributed by atoms with van der Waals surface area (Å²) < 4.78 is 0. The molecule has 0 saturated heterocycles. The smallest absolute Gasteiger partial charge is 0.315 e. The summed E-state index contributed by atoms with van der Waals surface area (Å²) in [7, 11) is 0. The van der Waals surface area contributed by atoms with Crippen molar-refractivity contribution in [3.05, 3.63) is 29.6 Å². The molecule has 0 aliphatic rings. The minimum absolute atomic E-state index is 0.170. The molecule has 16 heavy (non-hydrogen) atoms. The van der Waals surface area contributed by atoms with Gasteiger partial charge in [-0.3, -0.25) is 9.78 Å². The highest BCUT2D eigenvalue weighted by molar-refractivity contribution is 5.80. The molecule has 0 bridgehead atoms. The molecule has 1 aromatic rings. The Morgan fingerprint density at radius 1 is 1.38 bits per heavy atom. The van der Waals surface area contributed by atoms with Gasteiger partial charge in [0.25, 0.3) is 0 Å². The standard InChI is InChI=1S/C12H17NO3/c1-3-12(4-2,11(15)16)10-7-5-6-9(8-14)13-10/h5-7,14H,3-4,8H2,1-2H3,(H,15,16). The van der Waals surface area contributed by atoms with E-state index in [-0.39, 0.29) is 6.61 Å². The zero-order chi connectivity index (χ0) is 12.2. The molecule has 1 aromatic heterocycles. The first-order valence-corrected chi connectivity index (χ1v) is 5.41. The molecular weight excluding hydrogens is 206 g/mol. The number of aliphatic hydroxyl groups excluding tert-OH is 1. The molecule has 0 atom stereocenters. The van der Waals surface area contributed by atoms with E-state index in [1.807, 2.05) is 13.8 Å². The number of carboxylic acid groups (broad SMARTS) is 1. The zero-order valence-corrected chi connectivity index (χ0v) is 9.60. The average molecular weight is 223 g/mol.